The monoisotopic (exact) mass is 346 g/mol. The quantitative estimate of drug-likeness (QED) is 0.592. The normalized spacial score (nSPS) is 51.6. The standard InChI is InChI=1S/C22H34O3/c1-14-11-22-12-16(14)6-7-17(22)21(4)9-5-8-20(3,13-25-15(2)23)18(21)10-19(22)24/h16-19,24H,1,5-13H2,2-4H3/t16-,17-,18+,19+,20+,21-,22-/m0/s1. The summed E-state index contributed by atoms with van der Waals surface area (Å²) in [5, 5.41) is 11.3. The number of carbonyl (C=O) groups is 1. The molecular weight excluding hydrogens is 312 g/mol. The first-order chi connectivity index (χ1) is 11.7. The fraction of sp³-hybridized carbons (Fsp3) is 0.864. The lowest BCUT2D eigenvalue weighted by Gasteiger charge is -2.65. The largest absolute Gasteiger partial charge is 0.465 e. The Hall–Kier alpha value is -0.830. The molecule has 0 saturated heterocycles. The zero-order valence-corrected chi connectivity index (χ0v) is 16.1. The predicted molar refractivity (Wildman–Crippen MR) is 97.8 cm³/mol. The van der Waals surface area contributed by atoms with E-state index >= 15 is 0 Å². The van der Waals surface area contributed by atoms with Gasteiger partial charge >= 0.3 is 5.97 Å². The van der Waals surface area contributed by atoms with Crippen molar-refractivity contribution in [2.24, 2.45) is 34.0 Å². The summed E-state index contributed by atoms with van der Waals surface area (Å²) in [6, 6.07) is 0. The summed E-state index contributed by atoms with van der Waals surface area (Å²) in [5.41, 5.74) is 1.71. The van der Waals surface area contributed by atoms with Crippen LogP contribution in [0.15, 0.2) is 12.2 Å². The maximum Gasteiger partial charge on any atom is 0.302 e. The molecule has 140 valence electrons. The lowest BCUT2D eigenvalue weighted by atomic mass is 9.40. The van der Waals surface area contributed by atoms with Crippen LogP contribution in [0.3, 0.4) is 0 Å². The van der Waals surface area contributed by atoms with E-state index in [0.717, 1.165) is 25.7 Å². The van der Waals surface area contributed by atoms with Gasteiger partial charge in [0, 0.05) is 17.8 Å². The molecular formula is C22H34O3. The van der Waals surface area contributed by atoms with Crippen molar-refractivity contribution >= 4 is 5.97 Å². The number of esters is 1. The highest BCUT2D eigenvalue weighted by molar-refractivity contribution is 5.65. The molecule has 0 heterocycles. The number of allylic oxidation sites excluding steroid dienone is 1. The molecule has 1 spiro atoms. The second-order valence-corrected chi connectivity index (χ2v) is 10.2. The van der Waals surface area contributed by atoms with E-state index in [1.807, 2.05) is 0 Å². The van der Waals surface area contributed by atoms with Gasteiger partial charge in [-0.15, -0.1) is 0 Å². The molecule has 7 atom stereocenters. The average Bonchev–Trinajstić information content (AvgIpc) is 2.79. The molecule has 3 nitrogen and oxygen atoms in total. The molecule has 0 amide bonds. The van der Waals surface area contributed by atoms with Crippen LogP contribution in [-0.2, 0) is 9.53 Å². The summed E-state index contributed by atoms with van der Waals surface area (Å²) in [4.78, 5) is 11.4. The molecule has 4 saturated carbocycles. The summed E-state index contributed by atoms with van der Waals surface area (Å²) in [7, 11) is 0. The highest BCUT2D eigenvalue weighted by atomic mass is 16.5. The van der Waals surface area contributed by atoms with Gasteiger partial charge in [-0.2, -0.15) is 0 Å². The van der Waals surface area contributed by atoms with Crippen LogP contribution in [0, 0.1) is 34.0 Å². The van der Waals surface area contributed by atoms with E-state index in [4.69, 9.17) is 4.74 Å². The zero-order chi connectivity index (χ0) is 18.0. The molecule has 0 aromatic heterocycles. The lowest BCUT2D eigenvalue weighted by Crippen LogP contribution is -2.62. The SMILES string of the molecule is C=C1C[C@]23C[C@@H]1CC[C@H]2[C@]1(C)CCC[C@](C)(COC(C)=O)[C@H]1C[C@H]3O. The number of hydrogen-bond acceptors (Lipinski definition) is 3. The van der Waals surface area contributed by atoms with Crippen molar-refractivity contribution in [2.75, 3.05) is 6.61 Å². The highest BCUT2D eigenvalue weighted by Crippen LogP contribution is 2.72. The van der Waals surface area contributed by atoms with Crippen molar-refractivity contribution in [2.45, 2.75) is 78.2 Å². The lowest BCUT2D eigenvalue weighted by molar-refractivity contribution is -0.208. The minimum atomic E-state index is -0.229. The summed E-state index contributed by atoms with van der Waals surface area (Å²) in [6.07, 6.45) is 8.87. The van der Waals surface area contributed by atoms with Gasteiger partial charge < -0.3 is 9.84 Å². The Balaban J connectivity index is 1.69. The second kappa shape index (κ2) is 5.58. The Bertz CT molecular complexity index is 598. The molecule has 0 unspecified atom stereocenters. The first-order valence-electron chi connectivity index (χ1n) is 10.2. The van der Waals surface area contributed by atoms with Gasteiger partial charge in [-0.05, 0) is 68.1 Å². The van der Waals surface area contributed by atoms with Crippen molar-refractivity contribution in [1.29, 1.82) is 0 Å². The van der Waals surface area contributed by atoms with Crippen molar-refractivity contribution < 1.29 is 14.6 Å². The van der Waals surface area contributed by atoms with Crippen LogP contribution in [0.2, 0.25) is 0 Å². The van der Waals surface area contributed by atoms with E-state index in [-0.39, 0.29) is 28.3 Å². The first-order valence-corrected chi connectivity index (χ1v) is 10.2. The van der Waals surface area contributed by atoms with Crippen LogP contribution >= 0.6 is 0 Å². The number of ether oxygens (including phenoxy) is 1. The van der Waals surface area contributed by atoms with Crippen LogP contribution in [-0.4, -0.2) is 23.8 Å². The van der Waals surface area contributed by atoms with E-state index in [0.29, 0.717) is 24.4 Å². The van der Waals surface area contributed by atoms with E-state index in [1.54, 1.807) is 0 Å². The summed E-state index contributed by atoms with van der Waals surface area (Å²) >= 11 is 0. The summed E-state index contributed by atoms with van der Waals surface area (Å²) < 4.78 is 5.49. The van der Waals surface area contributed by atoms with Crippen LogP contribution in [0.1, 0.15) is 72.1 Å². The maximum atomic E-state index is 11.4. The Morgan fingerprint density at radius 3 is 2.76 bits per heavy atom. The summed E-state index contributed by atoms with van der Waals surface area (Å²) in [5.74, 6) is 1.47. The third-order valence-electron chi connectivity index (χ3n) is 8.88. The van der Waals surface area contributed by atoms with Gasteiger partial charge in [0.25, 0.3) is 0 Å². The van der Waals surface area contributed by atoms with Gasteiger partial charge in [-0.25, -0.2) is 0 Å². The average molecular weight is 347 g/mol. The Kier molecular flexibility index (Phi) is 3.92. The molecule has 0 radical (unpaired) electrons. The van der Waals surface area contributed by atoms with Gasteiger partial charge in [0.15, 0.2) is 0 Å². The van der Waals surface area contributed by atoms with Crippen molar-refractivity contribution in [3.63, 3.8) is 0 Å². The first kappa shape index (κ1) is 17.6. The van der Waals surface area contributed by atoms with Crippen molar-refractivity contribution in [3.05, 3.63) is 12.2 Å². The fourth-order valence-electron chi connectivity index (χ4n) is 7.83. The van der Waals surface area contributed by atoms with Crippen LogP contribution < -0.4 is 0 Å². The van der Waals surface area contributed by atoms with E-state index in [9.17, 15) is 9.90 Å². The van der Waals surface area contributed by atoms with E-state index in [2.05, 4.69) is 20.4 Å². The molecule has 3 heteroatoms. The number of hydrogen-bond donors (Lipinski definition) is 1. The minimum absolute atomic E-state index is 0.00623. The molecule has 0 aliphatic heterocycles. The molecule has 4 aliphatic carbocycles. The van der Waals surface area contributed by atoms with Gasteiger partial charge in [0.05, 0.1) is 12.7 Å². The minimum Gasteiger partial charge on any atom is -0.465 e. The molecule has 4 aliphatic rings. The highest BCUT2D eigenvalue weighted by Gasteiger charge is 2.66. The molecule has 25 heavy (non-hydrogen) atoms. The maximum absolute atomic E-state index is 11.4. The van der Waals surface area contributed by atoms with E-state index in [1.165, 1.54) is 38.2 Å². The molecule has 2 bridgehead atoms. The van der Waals surface area contributed by atoms with Crippen LogP contribution in [0.25, 0.3) is 0 Å². The molecule has 4 rings (SSSR count). The smallest absolute Gasteiger partial charge is 0.302 e. The third-order valence-corrected chi connectivity index (χ3v) is 8.88. The third kappa shape index (κ3) is 2.37. The molecule has 4 fully saturated rings. The van der Waals surface area contributed by atoms with Gasteiger partial charge in [-0.1, -0.05) is 32.4 Å². The molecule has 1 N–H and O–H groups in total. The Labute approximate surface area is 152 Å². The predicted octanol–water partition coefficient (Wildman–Crippen LogP) is 4.49. The van der Waals surface area contributed by atoms with Gasteiger partial charge in [0.1, 0.15) is 0 Å². The molecule has 0 aromatic carbocycles. The zero-order valence-electron chi connectivity index (χ0n) is 16.1. The summed E-state index contributed by atoms with van der Waals surface area (Å²) in [6.45, 7) is 11.1. The number of aliphatic hydroxyl groups is 1. The number of carbonyl (C=O) groups excluding carboxylic acids is 1. The molecule has 0 aromatic rings. The van der Waals surface area contributed by atoms with Crippen molar-refractivity contribution in [3.8, 4) is 0 Å². The fourth-order valence-corrected chi connectivity index (χ4v) is 7.83. The van der Waals surface area contributed by atoms with E-state index < -0.39 is 0 Å². The van der Waals surface area contributed by atoms with Gasteiger partial charge in [0.2, 0.25) is 0 Å². The van der Waals surface area contributed by atoms with Crippen LogP contribution in [0.5, 0.6) is 0 Å². The number of fused-ring (bicyclic) bond motifs is 3. The number of aliphatic hydroxyl groups excluding tert-OH is 1. The van der Waals surface area contributed by atoms with Crippen LogP contribution in [0.4, 0.5) is 0 Å². The Morgan fingerprint density at radius 2 is 2.04 bits per heavy atom. The van der Waals surface area contributed by atoms with Crippen molar-refractivity contribution in [1.82, 2.24) is 0 Å². The van der Waals surface area contributed by atoms with Gasteiger partial charge in [-0.3, -0.25) is 4.79 Å². The topological polar surface area (TPSA) is 46.5 Å². The second-order valence-electron chi connectivity index (χ2n) is 10.2. The number of rotatable bonds is 2. The Morgan fingerprint density at radius 1 is 1.28 bits per heavy atom.